The van der Waals surface area contributed by atoms with Crippen LogP contribution in [0.15, 0.2) is 24.3 Å². The maximum atomic E-state index is 11.8. The van der Waals surface area contributed by atoms with Crippen LogP contribution in [0.5, 0.6) is 0 Å². The van der Waals surface area contributed by atoms with Crippen molar-refractivity contribution in [1.29, 1.82) is 0 Å². The molecule has 4 nitrogen and oxygen atoms in total. The molecule has 1 amide bonds. The summed E-state index contributed by atoms with van der Waals surface area (Å²) in [6.07, 6.45) is 0.742. The average molecular weight is 247 g/mol. The van der Waals surface area contributed by atoms with E-state index in [0.29, 0.717) is 6.42 Å². The third-order valence-corrected chi connectivity index (χ3v) is 3.03. The maximum Gasteiger partial charge on any atom is 0.309 e. The first-order chi connectivity index (χ1) is 8.54. The first-order valence-electron chi connectivity index (χ1n) is 6.11. The Morgan fingerprint density at radius 1 is 1.39 bits per heavy atom. The number of carbonyl (C=O) groups excluding carboxylic acids is 2. The number of hydrogen-bond donors (Lipinski definition) is 1. The van der Waals surface area contributed by atoms with Crippen LogP contribution in [0.4, 0.5) is 5.69 Å². The van der Waals surface area contributed by atoms with Gasteiger partial charge in [0.15, 0.2) is 0 Å². The number of cyclic esters (lactones) is 1. The van der Waals surface area contributed by atoms with Crippen LogP contribution in [-0.2, 0) is 14.3 Å². The zero-order valence-corrected chi connectivity index (χ0v) is 10.6. The smallest absolute Gasteiger partial charge is 0.309 e. The number of nitrogens with one attached hydrogen (secondary N) is 1. The van der Waals surface area contributed by atoms with Gasteiger partial charge in [-0.05, 0) is 32.4 Å². The molecule has 0 radical (unpaired) electrons. The Bertz CT molecular complexity index is 453. The third kappa shape index (κ3) is 3.09. The Morgan fingerprint density at radius 3 is 2.61 bits per heavy atom. The second kappa shape index (κ2) is 5.21. The van der Waals surface area contributed by atoms with E-state index in [-0.39, 0.29) is 30.3 Å². The monoisotopic (exact) mass is 247 g/mol. The van der Waals surface area contributed by atoms with Crippen molar-refractivity contribution in [2.75, 3.05) is 5.32 Å². The Balaban J connectivity index is 1.89. The van der Waals surface area contributed by atoms with Crippen LogP contribution in [0.1, 0.15) is 25.3 Å². The summed E-state index contributed by atoms with van der Waals surface area (Å²) in [5.74, 6) is -0.707. The molecule has 1 aromatic rings. The molecule has 0 saturated carbocycles. The fraction of sp³-hybridized carbons (Fsp3) is 0.429. The van der Waals surface area contributed by atoms with Crippen molar-refractivity contribution in [2.45, 2.75) is 32.8 Å². The van der Waals surface area contributed by atoms with E-state index in [1.807, 2.05) is 38.1 Å². The van der Waals surface area contributed by atoms with Crippen LogP contribution < -0.4 is 5.32 Å². The summed E-state index contributed by atoms with van der Waals surface area (Å²) in [5, 5.41) is 2.78. The zero-order valence-electron chi connectivity index (χ0n) is 10.6. The van der Waals surface area contributed by atoms with Crippen molar-refractivity contribution in [2.24, 2.45) is 5.92 Å². The molecule has 1 aromatic carbocycles. The van der Waals surface area contributed by atoms with Crippen molar-refractivity contribution >= 4 is 17.6 Å². The highest BCUT2D eigenvalue weighted by Crippen LogP contribution is 2.24. The minimum atomic E-state index is -0.301. The lowest BCUT2D eigenvalue weighted by Gasteiger charge is -2.07. The number of benzene rings is 1. The van der Waals surface area contributed by atoms with Gasteiger partial charge in [0.05, 0.1) is 12.0 Å². The van der Waals surface area contributed by atoms with Gasteiger partial charge in [0.25, 0.3) is 0 Å². The van der Waals surface area contributed by atoms with Crippen LogP contribution in [0.3, 0.4) is 0 Å². The van der Waals surface area contributed by atoms with Crippen molar-refractivity contribution in [3.05, 3.63) is 29.8 Å². The van der Waals surface area contributed by atoms with Crippen molar-refractivity contribution < 1.29 is 14.3 Å². The van der Waals surface area contributed by atoms with Crippen molar-refractivity contribution in [3.63, 3.8) is 0 Å². The molecule has 1 aliphatic heterocycles. The number of anilines is 1. The fourth-order valence-corrected chi connectivity index (χ4v) is 2.08. The van der Waals surface area contributed by atoms with Gasteiger partial charge in [0, 0.05) is 12.1 Å². The lowest BCUT2D eigenvalue weighted by Crippen LogP contribution is -2.19. The standard InChI is InChI=1S/C14H17NO3/c1-9-3-5-12(6-4-9)15-13(16)8-11-7-10(2)18-14(11)17/h3-6,10-11H,7-8H2,1-2H3,(H,15,16)/t10-,11+/m1/s1. The second-order valence-electron chi connectivity index (χ2n) is 4.80. The third-order valence-electron chi connectivity index (χ3n) is 3.03. The van der Waals surface area contributed by atoms with E-state index in [2.05, 4.69) is 5.32 Å². The van der Waals surface area contributed by atoms with E-state index in [1.165, 1.54) is 0 Å². The van der Waals surface area contributed by atoms with E-state index < -0.39 is 0 Å². The van der Waals surface area contributed by atoms with E-state index >= 15 is 0 Å². The number of hydrogen-bond acceptors (Lipinski definition) is 3. The molecular formula is C14H17NO3. The Hall–Kier alpha value is -1.84. The Kier molecular flexibility index (Phi) is 3.65. The van der Waals surface area contributed by atoms with Crippen LogP contribution >= 0.6 is 0 Å². The molecule has 0 bridgehead atoms. The van der Waals surface area contributed by atoms with Crippen LogP contribution in [0, 0.1) is 12.8 Å². The summed E-state index contributed by atoms with van der Waals surface area (Å²) in [5.41, 5.74) is 1.89. The van der Waals surface area contributed by atoms with Gasteiger partial charge in [0.1, 0.15) is 0 Å². The van der Waals surface area contributed by atoms with Crippen molar-refractivity contribution in [3.8, 4) is 0 Å². The molecule has 4 heteroatoms. The molecular weight excluding hydrogens is 230 g/mol. The number of aryl methyl sites for hydroxylation is 1. The Labute approximate surface area is 106 Å². The molecule has 1 fully saturated rings. The fourth-order valence-electron chi connectivity index (χ4n) is 2.08. The molecule has 2 atom stereocenters. The quantitative estimate of drug-likeness (QED) is 0.834. The highest BCUT2D eigenvalue weighted by atomic mass is 16.5. The molecule has 96 valence electrons. The minimum absolute atomic E-state index is 0.0744. The molecule has 1 saturated heterocycles. The van der Waals surface area contributed by atoms with E-state index in [0.717, 1.165) is 11.3 Å². The lowest BCUT2D eigenvalue weighted by atomic mass is 10.0. The summed E-state index contributed by atoms with van der Waals surface area (Å²) in [4.78, 5) is 23.2. The number of amides is 1. The summed E-state index contributed by atoms with van der Waals surface area (Å²) < 4.78 is 5.02. The number of ether oxygens (including phenoxy) is 1. The lowest BCUT2D eigenvalue weighted by molar-refractivity contribution is -0.144. The van der Waals surface area contributed by atoms with E-state index in [1.54, 1.807) is 0 Å². The predicted octanol–water partition coefficient (Wildman–Crippen LogP) is 2.28. The molecule has 0 aliphatic carbocycles. The number of rotatable bonds is 3. The molecule has 0 spiro atoms. The van der Waals surface area contributed by atoms with Gasteiger partial charge >= 0.3 is 5.97 Å². The van der Waals surface area contributed by atoms with Gasteiger partial charge in [-0.15, -0.1) is 0 Å². The van der Waals surface area contributed by atoms with E-state index in [9.17, 15) is 9.59 Å². The zero-order chi connectivity index (χ0) is 13.1. The van der Waals surface area contributed by atoms with Gasteiger partial charge in [-0.25, -0.2) is 0 Å². The van der Waals surface area contributed by atoms with E-state index in [4.69, 9.17) is 4.74 Å². The molecule has 1 aliphatic rings. The highest BCUT2D eigenvalue weighted by Gasteiger charge is 2.33. The summed E-state index contributed by atoms with van der Waals surface area (Å²) in [6, 6.07) is 7.56. The summed E-state index contributed by atoms with van der Waals surface area (Å²) >= 11 is 0. The molecule has 1 N–H and O–H groups in total. The summed E-state index contributed by atoms with van der Waals surface area (Å²) in [6.45, 7) is 3.83. The first-order valence-corrected chi connectivity index (χ1v) is 6.11. The molecule has 18 heavy (non-hydrogen) atoms. The van der Waals surface area contributed by atoms with Gasteiger partial charge in [-0.1, -0.05) is 17.7 Å². The van der Waals surface area contributed by atoms with Gasteiger partial charge in [0.2, 0.25) is 5.91 Å². The highest BCUT2D eigenvalue weighted by molar-refractivity contribution is 5.93. The van der Waals surface area contributed by atoms with Crippen LogP contribution in [0.2, 0.25) is 0 Å². The largest absolute Gasteiger partial charge is 0.462 e. The average Bonchev–Trinajstić information content (AvgIpc) is 2.61. The first kappa shape index (κ1) is 12.6. The van der Waals surface area contributed by atoms with Gasteiger partial charge in [-0.2, -0.15) is 0 Å². The van der Waals surface area contributed by atoms with Crippen LogP contribution in [0.25, 0.3) is 0 Å². The molecule has 2 rings (SSSR count). The molecule has 0 aromatic heterocycles. The SMILES string of the molecule is Cc1ccc(NC(=O)C[C@@H]2C[C@@H](C)OC2=O)cc1. The van der Waals surface area contributed by atoms with Gasteiger partial charge < -0.3 is 10.1 Å². The number of esters is 1. The second-order valence-corrected chi connectivity index (χ2v) is 4.80. The van der Waals surface area contributed by atoms with Crippen LogP contribution in [-0.4, -0.2) is 18.0 Å². The summed E-state index contributed by atoms with van der Waals surface area (Å²) in [7, 11) is 0. The van der Waals surface area contributed by atoms with Gasteiger partial charge in [-0.3, -0.25) is 9.59 Å². The normalized spacial score (nSPS) is 22.7. The minimum Gasteiger partial charge on any atom is -0.462 e. The van der Waals surface area contributed by atoms with Crippen molar-refractivity contribution in [1.82, 2.24) is 0 Å². The topological polar surface area (TPSA) is 55.4 Å². The molecule has 1 heterocycles. The Morgan fingerprint density at radius 2 is 2.06 bits per heavy atom. The maximum absolute atomic E-state index is 11.8. The number of carbonyl (C=O) groups is 2. The predicted molar refractivity (Wildman–Crippen MR) is 68.1 cm³/mol. The molecule has 0 unspecified atom stereocenters.